The topological polar surface area (TPSA) is 29.0 Å². The van der Waals surface area contributed by atoms with Gasteiger partial charge in [0.15, 0.2) is 0 Å². The molecule has 0 amide bonds. The van der Waals surface area contributed by atoms with Gasteiger partial charge in [0.1, 0.15) is 16.5 Å². The van der Waals surface area contributed by atoms with Gasteiger partial charge in [0.2, 0.25) is 0 Å². The molecule has 2 rings (SSSR count). The van der Waals surface area contributed by atoms with E-state index in [0.29, 0.717) is 6.04 Å². The molecule has 4 heteroatoms. The van der Waals surface area contributed by atoms with Crippen LogP contribution in [0.1, 0.15) is 33.0 Å². The number of hydrogen-bond donors (Lipinski definition) is 0. The van der Waals surface area contributed by atoms with E-state index >= 15 is 0 Å². The first-order valence-corrected chi connectivity index (χ1v) is 7.02. The van der Waals surface area contributed by atoms with E-state index in [0.717, 1.165) is 29.3 Å². The summed E-state index contributed by atoms with van der Waals surface area (Å²) in [6.07, 6.45) is 2.00. The molecule has 0 aromatic carbocycles. The van der Waals surface area contributed by atoms with Crippen molar-refractivity contribution in [3.8, 4) is 0 Å². The first-order valence-electron chi connectivity index (χ1n) is 6.14. The van der Waals surface area contributed by atoms with Crippen molar-refractivity contribution >= 4 is 27.4 Å². The van der Waals surface area contributed by atoms with Crippen molar-refractivity contribution in [2.45, 2.75) is 39.7 Å². The maximum absolute atomic E-state index is 4.68. The van der Waals surface area contributed by atoms with Crippen LogP contribution in [0.3, 0.4) is 0 Å². The Morgan fingerprint density at radius 3 is 2.76 bits per heavy atom. The Bertz CT molecular complexity index is 506. The van der Waals surface area contributed by atoms with Crippen molar-refractivity contribution in [1.82, 2.24) is 9.97 Å². The Balaban J connectivity index is 2.53. The minimum Gasteiger partial charge on any atom is -0.356 e. The summed E-state index contributed by atoms with van der Waals surface area (Å²) in [5.74, 6) is 2.01. The summed E-state index contributed by atoms with van der Waals surface area (Å²) in [7, 11) is 2.12. The summed E-state index contributed by atoms with van der Waals surface area (Å²) >= 11 is 1.69. The maximum atomic E-state index is 4.68. The van der Waals surface area contributed by atoms with Gasteiger partial charge in [-0.1, -0.05) is 13.8 Å². The molecule has 0 saturated carbocycles. The molecule has 0 bridgehead atoms. The first kappa shape index (κ1) is 12.3. The number of rotatable bonds is 4. The Morgan fingerprint density at radius 2 is 2.12 bits per heavy atom. The largest absolute Gasteiger partial charge is 0.356 e. The molecule has 0 N–H and O–H groups in total. The number of aromatic nitrogens is 2. The average Bonchev–Trinajstić information content (AvgIpc) is 2.83. The highest BCUT2D eigenvalue weighted by Gasteiger charge is 2.15. The van der Waals surface area contributed by atoms with Crippen LogP contribution in [-0.4, -0.2) is 23.1 Å². The van der Waals surface area contributed by atoms with Crippen LogP contribution in [0.5, 0.6) is 0 Å². The van der Waals surface area contributed by atoms with E-state index in [9.17, 15) is 0 Å². The van der Waals surface area contributed by atoms with Crippen LogP contribution in [-0.2, 0) is 6.42 Å². The lowest BCUT2D eigenvalue weighted by molar-refractivity contribution is 0.657. The first-order chi connectivity index (χ1) is 8.17. The average molecular weight is 249 g/mol. The van der Waals surface area contributed by atoms with Gasteiger partial charge in [-0.25, -0.2) is 9.97 Å². The zero-order chi connectivity index (χ0) is 12.4. The predicted molar refractivity (Wildman–Crippen MR) is 74.9 cm³/mol. The summed E-state index contributed by atoms with van der Waals surface area (Å²) in [4.78, 5) is 12.6. The quantitative estimate of drug-likeness (QED) is 0.830. The highest BCUT2D eigenvalue weighted by molar-refractivity contribution is 7.16. The second-order valence-electron chi connectivity index (χ2n) is 4.32. The van der Waals surface area contributed by atoms with Gasteiger partial charge in [-0.05, 0) is 24.8 Å². The smallest absolute Gasteiger partial charge is 0.141 e. The van der Waals surface area contributed by atoms with Gasteiger partial charge >= 0.3 is 0 Å². The number of thiophene rings is 1. The van der Waals surface area contributed by atoms with Crippen LogP contribution >= 0.6 is 11.3 Å². The standard InChI is InChI=1S/C13H19N3S/c1-5-9(3)16(4)12-10-7-8-17-13(10)15-11(6-2)14-12/h7-9H,5-6H2,1-4H3. The van der Waals surface area contributed by atoms with Gasteiger partial charge in [0.25, 0.3) is 0 Å². The SMILES string of the molecule is CCc1nc(N(C)C(C)CC)c2ccsc2n1. The summed E-state index contributed by atoms with van der Waals surface area (Å²) in [6.45, 7) is 6.53. The highest BCUT2D eigenvalue weighted by atomic mass is 32.1. The van der Waals surface area contributed by atoms with Crippen LogP contribution in [0.2, 0.25) is 0 Å². The molecule has 92 valence electrons. The Labute approximate surface area is 107 Å². The molecule has 0 spiro atoms. The van der Waals surface area contributed by atoms with Crippen molar-refractivity contribution in [3.05, 3.63) is 17.3 Å². The molecule has 3 nitrogen and oxygen atoms in total. The van der Waals surface area contributed by atoms with Crippen LogP contribution in [0.25, 0.3) is 10.2 Å². The van der Waals surface area contributed by atoms with Gasteiger partial charge in [0.05, 0.1) is 5.39 Å². The monoisotopic (exact) mass is 249 g/mol. The maximum Gasteiger partial charge on any atom is 0.141 e. The molecule has 0 radical (unpaired) electrons. The van der Waals surface area contributed by atoms with Crippen molar-refractivity contribution in [1.29, 1.82) is 0 Å². The molecule has 0 aliphatic rings. The van der Waals surface area contributed by atoms with Crippen molar-refractivity contribution in [2.24, 2.45) is 0 Å². The van der Waals surface area contributed by atoms with Gasteiger partial charge in [-0.3, -0.25) is 0 Å². The number of hydrogen-bond acceptors (Lipinski definition) is 4. The van der Waals surface area contributed by atoms with E-state index in [4.69, 9.17) is 0 Å². The molecule has 0 saturated heterocycles. The van der Waals surface area contributed by atoms with Gasteiger partial charge in [-0.2, -0.15) is 0 Å². The van der Waals surface area contributed by atoms with E-state index in [1.807, 2.05) is 0 Å². The van der Waals surface area contributed by atoms with Crippen LogP contribution in [0, 0.1) is 0 Å². The van der Waals surface area contributed by atoms with E-state index < -0.39 is 0 Å². The molecular weight excluding hydrogens is 230 g/mol. The molecule has 2 aromatic rings. The Kier molecular flexibility index (Phi) is 3.62. The number of aryl methyl sites for hydroxylation is 1. The lowest BCUT2D eigenvalue weighted by atomic mass is 10.2. The third kappa shape index (κ3) is 2.27. The lowest BCUT2D eigenvalue weighted by Gasteiger charge is -2.25. The van der Waals surface area contributed by atoms with Crippen LogP contribution in [0.4, 0.5) is 5.82 Å². The molecule has 2 heterocycles. The zero-order valence-electron chi connectivity index (χ0n) is 10.9. The summed E-state index contributed by atoms with van der Waals surface area (Å²) in [6, 6.07) is 2.62. The van der Waals surface area contributed by atoms with Crippen molar-refractivity contribution in [2.75, 3.05) is 11.9 Å². The van der Waals surface area contributed by atoms with Crippen molar-refractivity contribution in [3.63, 3.8) is 0 Å². The molecule has 1 unspecified atom stereocenters. The summed E-state index contributed by atoms with van der Waals surface area (Å²) in [5.41, 5.74) is 0. The van der Waals surface area contributed by atoms with E-state index in [2.05, 4.69) is 54.1 Å². The number of anilines is 1. The van der Waals surface area contributed by atoms with Gasteiger partial charge in [-0.15, -0.1) is 11.3 Å². The second kappa shape index (κ2) is 5.00. The second-order valence-corrected chi connectivity index (χ2v) is 5.22. The fourth-order valence-electron chi connectivity index (χ4n) is 1.79. The third-order valence-electron chi connectivity index (χ3n) is 3.25. The molecule has 0 aliphatic heterocycles. The molecular formula is C13H19N3S. The van der Waals surface area contributed by atoms with Gasteiger partial charge < -0.3 is 4.90 Å². The zero-order valence-corrected chi connectivity index (χ0v) is 11.7. The number of fused-ring (bicyclic) bond motifs is 1. The molecule has 0 aliphatic carbocycles. The molecule has 0 fully saturated rings. The Hall–Kier alpha value is -1.16. The summed E-state index contributed by atoms with van der Waals surface area (Å²) in [5, 5.41) is 3.27. The molecule has 1 atom stereocenters. The molecule has 2 aromatic heterocycles. The minimum absolute atomic E-state index is 0.498. The normalized spacial score (nSPS) is 12.9. The van der Waals surface area contributed by atoms with Crippen molar-refractivity contribution < 1.29 is 0 Å². The Morgan fingerprint density at radius 1 is 1.35 bits per heavy atom. The van der Waals surface area contributed by atoms with E-state index in [1.165, 1.54) is 5.39 Å². The van der Waals surface area contributed by atoms with Crippen LogP contribution < -0.4 is 4.90 Å². The minimum atomic E-state index is 0.498. The predicted octanol–water partition coefficient (Wildman–Crippen LogP) is 3.49. The summed E-state index contributed by atoms with van der Waals surface area (Å²) < 4.78 is 0. The third-order valence-corrected chi connectivity index (χ3v) is 4.06. The number of nitrogens with zero attached hydrogens (tertiary/aromatic N) is 3. The fraction of sp³-hybridized carbons (Fsp3) is 0.538. The van der Waals surface area contributed by atoms with Gasteiger partial charge in [0, 0.05) is 19.5 Å². The van der Waals surface area contributed by atoms with E-state index in [-0.39, 0.29) is 0 Å². The van der Waals surface area contributed by atoms with Crippen LogP contribution in [0.15, 0.2) is 11.4 Å². The lowest BCUT2D eigenvalue weighted by Crippen LogP contribution is -2.29. The fourth-order valence-corrected chi connectivity index (χ4v) is 2.57. The molecule has 17 heavy (non-hydrogen) atoms. The van der Waals surface area contributed by atoms with E-state index in [1.54, 1.807) is 11.3 Å². The highest BCUT2D eigenvalue weighted by Crippen LogP contribution is 2.28.